The van der Waals surface area contributed by atoms with E-state index >= 15 is 0 Å². The predicted molar refractivity (Wildman–Crippen MR) is 181 cm³/mol. The molecule has 0 bridgehead atoms. The summed E-state index contributed by atoms with van der Waals surface area (Å²) in [5, 5.41) is 84.5. The fourth-order valence-corrected chi connectivity index (χ4v) is 12.5. The van der Waals surface area contributed by atoms with Crippen LogP contribution in [-0.2, 0) is 32.2 Å². The Kier molecular flexibility index (Phi) is 13.4. The van der Waals surface area contributed by atoms with Crippen LogP contribution in [0.5, 0.6) is 0 Å². The fraction of sp³-hybridized carbons (Fsp3) is 0.970. The van der Waals surface area contributed by atoms with Crippen LogP contribution in [0.25, 0.3) is 0 Å². The Morgan fingerprint density at radius 2 is 1.42 bits per heavy atom. The molecule has 0 aromatic rings. The molecule has 5 rings (SSSR count). The number of hydrogen-bond acceptors (Lipinski definition) is 15. The highest BCUT2D eigenvalue weighted by Gasteiger charge is 2.65. The lowest BCUT2D eigenvalue weighted by Gasteiger charge is -2.63. The van der Waals surface area contributed by atoms with Gasteiger partial charge in [0.25, 0.3) is 0 Å². The zero-order valence-electron chi connectivity index (χ0n) is 30.2. The minimum absolute atomic E-state index is 0.00468. The first kappa shape index (κ1) is 43.5. The molecular weight excluding hydrogens is 746 g/mol. The zero-order valence-corrected chi connectivity index (χ0v) is 32.0. The van der Waals surface area contributed by atoms with E-state index < -0.39 is 95.2 Å². The van der Waals surface area contributed by atoms with Gasteiger partial charge in [-0.25, -0.2) is 9.13 Å². The van der Waals surface area contributed by atoms with E-state index in [-0.39, 0.29) is 53.4 Å². The first-order valence-corrected chi connectivity index (χ1v) is 21.5. The van der Waals surface area contributed by atoms with Crippen LogP contribution in [0, 0.1) is 46.3 Å². The van der Waals surface area contributed by atoms with E-state index in [0.717, 1.165) is 25.7 Å². The predicted octanol–water partition coefficient (Wildman–Crippen LogP) is -0.294. The molecular formula is C33H58O18P2. The van der Waals surface area contributed by atoms with Gasteiger partial charge in [-0.1, -0.05) is 20.8 Å². The standard InChI is InChI=1S/C33H58O18P2/c1-15(19-5-6-20-25-21(12-23(37)33(19,20)3)32(2)9-8-17(34)10-16(32)11-22(25)36)4-7-24(38)48-13-18(35)14-49-53(46,47)51-31-28(41)26(39)30(27(40)29(31)42)50-52(43,44)45/h15-23,25-31,34-37,39-42H,4-14H2,1-3H3,(H,46,47)(H2,43,44,45)/t15-,16+,17-,18?,19?,20+,21+,22-,23+,25+,26?,27?,28?,29?,30?,31?,32+,33-/m1/s1. The monoisotopic (exact) mass is 804 g/mol. The van der Waals surface area contributed by atoms with Crippen molar-refractivity contribution in [2.75, 3.05) is 13.2 Å². The first-order chi connectivity index (χ1) is 24.5. The molecule has 0 aromatic carbocycles. The molecule has 17 atom stereocenters. The Bertz CT molecular complexity index is 1370. The molecule has 0 radical (unpaired) electrons. The van der Waals surface area contributed by atoms with E-state index in [0.29, 0.717) is 25.7 Å². The van der Waals surface area contributed by atoms with Crippen LogP contribution < -0.4 is 0 Å². The number of hydrogen-bond donors (Lipinski definition) is 11. The third-order valence-electron chi connectivity index (χ3n) is 13.8. The number of fused-ring (bicyclic) bond motifs is 5. The van der Waals surface area contributed by atoms with Crippen molar-refractivity contribution in [1.82, 2.24) is 0 Å². The number of esters is 1. The van der Waals surface area contributed by atoms with E-state index in [9.17, 15) is 59.7 Å². The number of phosphoric ester groups is 2. The number of carbonyl (C=O) groups is 1. The maximum Gasteiger partial charge on any atom is 0.472 e. The zero-order chi connectivity index (χ0) is 39.4. The number of aliphatic hydroxyl groups excluding tert-OH is 8. The lowest BCUT2D eigenvalue weighted by molar-refractivity contribution is -0.216. The number of ether oxygens (including phenoxy) is 1. The number of aliphatic hydroxyl groups is 8. The van der Waals surface area contributed by atoms with Crippen molar-refractivity contribution in [3.8, 4) is 0 Å². The summed E-state index contributed by atoms with van der Waals surface area (Å²) in [4.78, 5) is 40.7. The van der Waals surface area contributed by atoms with Crippen LogP contribution in [0.2, 0.25) is 0 Å². The molecule has 0 amide bonds. The normalized spacial score (nSPS) is 46.7. The Morgan fingerprint density at radius 3 is 2.02 bits per heavy atom. The van der Waals surface area contributed by atoms with Gasteiger partial charge in [-0.15, -0.1) is 0 Å². The maximum atomic E-state index is 12.7. The van der Waals surface area contributed by atoms with Gasteiger partial charge in [-0.05, 0) is 97.7 Å². The van der Waals surface area contributed by atoms with Gasteiger partial charge in [-0.3, -0.25) is 18.4 Å². The molecule has 7 unspecified atom stereocenters. The molecule has 0 saturated heterocycles. The molecule has 20 heteroatoms. The minimum atomic E-state index is -5.29. The summed E-state index contributed by atoms with van der Waals surface area (Å²) in [5.41, 5.74) is -0.490. The molecule has 53 heavy (non-hydrogen) atoms. The van der Waals surface area contributed by atoms with Crippen LogP contribution in [0.4, 0.5) is 0 Å². The highest BCUT2D eigenvalue weighted by molar-refractivity contribution is 7.47. The molecule has 0 spiro atoms. The Labute approximate surface area is 308 Å². The van der Waals surface area contributed by atoms with Gasteiger partial charge < -0.3 is 60.3 Å². The van der Waals surface area contributed by atoms with Crippen LogP contribution in [0.15, 0.2) is 0 Å². The average Bonchev–Trinajstić information content (AvgIpc) is 3.44. The van der Waals surface area contributed by atoms with Gasteiger partial charge in [0.2, 0.25) is 0 Å². The molecule has 0 aliphatic heterocycles. The van der Waals surface area contributed by atoms with E-state index in [4.69, 9.17) is 19.0 Å². The van der Waals surface area contributed by atoms with Gasteiger partial charge in [0.05, 0.1) is 24.9 Å². The highest BCUT2D eigenvalue weighted by atomic mass is 31.2. The van der Waals surface area contributed by atoms with Crippen molar-refractivity contribution in [2.45, 2.75) is 140 Å². The number of carbonyl (C=O) groups excluding carboxylic acids is 1. The molecule has 5 aliphatic carbocycles. The summed E-state index contributed by atoms with van der Waals surface area (Å²) in [5.74, 6) is 0.0300. The van der Waals surface area contributed by atoms with E-state index in [1.807, 2.05) is 6.92 Å². The molecule has 5 fully saturated rings. The van der Waals surface area contributed by atoms with Gasteiger partial charge in [0.15, 0.2) is 0 Å². The third kappa shape index (κ3) is 8.94. The van der Waals surface area contributed by atoms with Crippen molar-refractivity contribution >= 4 is 21.6 Å². The molecule has 0 heterocycles. The van der Waals surface area contributed by atoms with Gasteiger partial charge >= 0.3 is 21.6 Å². The second-order valence-corrected chi connectivity index (χ2v) is 19.3. The van der Waals surface area contributed by atoms with E-state index in [1.165, 1.54) is 0 Å². The smallest absolute Gasteiger partial charge is 0.463 e. The fourth-order valence-electron chi connectivity index (χ4n) is 10.9. The van der Waals surface area contributed by atoms with Crippen LogP contribution in [0.3, 0.4) is 0 Å². The number of phosphoric acid groups is 2. The lowest BCUT2D eigenvalue weighted by atomic mass is 9.43. The van der Waals surface area contributed by atoms with Crippen molar-refractivity contribution in [2.24, 2.45) is 46.3 Å². The summed E-state index contributed by atoms with van der Waals surface area (Å²) >= 11 is 0. The Hall–Kier alpha value is -0.630. The van der Waals surface area contributed by atoms with Crippen molar-refractivity contribution in [3.63, 3.8) is 0 Å². The van der Waals surface area contributed by atoms with Crippen molar-refractivity contribution in [1.29, 1.82) is 0 Å². The quantitative estimate of drug-likeness (QED) is 0.0841. The lowest BCUT2D eigenvalue weighted by Crippen LogP contribution is -2.64. The molecule has 5 saturated carbocycles. The summed E-state index contributed by atoms with van der Waals surface area (Å²) in [6.07, 6.45) is -10.8. The highest BCUT2D eigenvalue weighted by Crippen LogP contribution is 2.68. The second kappa shape index (κ2) is 16.3. The summed E-state index contributed by atoms with van der Waals surface area (Å²) < 4.78 is 42.3. The third-order valence-corrected chi connectivity index (χ3v) is 15.3. The van der Waals surface area contributed by atoms with Gasteiger partial charge in [-0.2, -0.15) is 0 Å². The van der Waals surface area contributed by atoms with Crippen LogP contribution >= 0.6 is 15.6 Å². The largest absolute Gasteiger partial charge is 0.472 e. The molecule has 308 valence electrons. The number of rotatable bonds is 13. The summed E-state index contributed by atoms with van der Waals surface area (Å²) in [7, 11) is -10.5. The van der Waals surface area contributed by atoms with Crippen molar-refractivity contribution < 1.29 is 87.8 Å². The van der Waals surface area contributed by atoms with Crippen LogP contribution in [0.1, 0.15) is 78.6 Å². The summed E-state index contributed by atoms with van der Waals surface area (Å²) in [6, 6.07) is 0. The Morgan fingerprint density at radius 1 is 0.811 bits per heavy atom. The molecule has 0 aromatic heterocycles. The second-order valence-electron chi connectivity index (χ2n) is 16.7. The average molecular weight is 805 g/mol. The van der Waals surface area contributed by atoms with E-state index in [2.05, 4.69) is 22.9 Å². The first-order valence-electron chi connectivity index (χ1n) is 18.5. The molecule has 11 N–H and O–H groups in total. The van der Waals surface area contributed by atoms with Crippen LogP contribution in [-0.4, -0.2) is 136 Å². The van der Waals surface area contributed by atoms with Crippen molar-refractivity contribution in [3.05, 3.63) is 0 Å². The summed E-state index contributed by atoms with van der Waals surface area (Å²) in [6.45, 7) is 4.89. The Balaban J connectivity index is 1.08. The van der Waals surface area contributed by atoms with E-state index in [1.54, 1.807) is 0 Å². The minimum Gasteiger partial charge on any atom is -0.463 e. The topological polar surface area (TPSA) is 311 Å². The SMILES string of the molecule is C[C@H](CCC(=O)OCC(O)COP(=O)(O)OC1C(O)C(O)C(OP(=O)(O)O)C(O)C1O)C1CC[C@H]2[C@@H]3[C@H](O)C[C@@H]4C[C@H](O)CC[C@]4(C)[C@H]3C[C@H](O)[C@]12C. The molecule has 18 nitrogen and oxygen atoms in total. The van der Waals surface area contributed by atoms with Gasteiger partial charge in [0.1, 0.15) is 49.3 Å². The van der Waals surface area contributed by atoms with Gasteiger partial charge in [0, 0.05) is 6.42 Å². The maximum absolute atomic E-state index is 12.7. The molecule has 5 aliphatic rings.